The number of nitrogens with zero attached hydrogens (tertiary/aromatic N) is 1. The smallest absolute Gasteiger partial charge is 0.254 e. The van der Waals surface area contributed by atoms with Gasteiger partial charge in [0.25, 0.3) is 5.91 Å². The van der Waals surface area contributed by atoms with Gasteiger partial charge in [0.1, 0.15) is 0 Å². The van der Waals surface area contributed by atoms with Gasteiger partial charge in [0.15, 0.2) is 0 Å². The van der Waals surface area contributed by atoms with Crippen molar-refractivity contribution in [2.75, 3.05) is 12.3 Å². The molecule has 0 bridgehead atoms. The van der Waals surface area contributed by atoms with Crippen molar-refractivity contribution in [1.82, 2.24) is 4.90 Å². The molecule has 4 N–H and O–H groups in total. The quantitative estimate of drug-likeness (QED) is 0.815. The van der Waals surface area contributed by atoms with Crippen LogP contribution in [0.1, 0.15) is 41.6 Å². The number of nitrogens with two attached hydrogens (primary N) is 2. The van der Waals surface area contributed by atoms with E-state index in [9.17, 15) is 9.59 Å². The summed E-state index contributed by atoms with van der Waals surface area (Å²) in [6, 6.07) is 5.31. The Hall–Kier alpha value is -2.04. The predicted octanol–water partition coefficient (Wildman–Crippen LogP) is 1.45. The zero-order valence-corrected chi connectivity index (χ0v) is 11.8. The van der Waals surface area contributed by atoms with E-state index in [4.69, 9.17) is 11.5 Å². The third-order valence-electron chi connectivity index (χ3n) is 3.83. The van der Waals surface area contributed by atoms with Crippen molar-refractivity contribution >= 4 is 17.5 Å². The minimum atomic E-state index is -0.474. The van der Waals surface area contributed by atoms with Crippen LogP contribution in [0.4, 0.5) is 5.69 Å². The monoisotopic (exact) mass is 275 g/mol. The number of hydrogen-bond acceptors (Lipinski definition) is 3. The topological polar surface area (TPSA) is 89.4 Å². The Morgan fingerprint density at radius 1 is 1.30 bits per heavy atom. The van der Waals surface area contributed by atoms with Crippen LogP contribution in [-0.2, 0) is 4.79 Å². The highest BCUT2D eigenvalue weighted by molar-refractivity contribution is 5.98. The highest BCUT2D eigenvalue weighted by Gasteiger charge is 2.29. The van der Waals surface area contributed by atoms with Crippen LogP contribution >= 0.6 is 0 Å². The lowest BCUT2D eigenvalue weighted by Crippen LogP contribution is -2.44. The number of hydrogen-bond donors (Lipinski definition) is 2. The Morgan fingerprint density at radius 2 is 1.95 bits per heavy atom. The number of primary amides is 1. The maximum absolute atomic E-state index is 12.7. The van der Waals surface area contributed by atoms with Gasteiger partial charge in [0.05, 0.1) is 6.54 Å². The molecule has 20 heavy (non-hydrogen) atoms. The van der Waals surface area contributed by atoms with Gasteiger partial charge in [0.2, 0.25) is 5.91 Å². The molecule has 0 aromatic heterocycles. The second-order valence-electron chi connectivity index (χ2n) is 5.41. The summed E-state index contributed by atoms with van der Waals surface area (Å²) in [7, 11) is 0. The molecule has 5 nitrogen and oxygen atoms in total. The van der Waals surface area contributed by atoms with Gasteiger partial charge in [-0.1, -0.05) is 12.8 Å². The highest BCUT2D eigenvalue weighted by atomic mass is 16.2. The van der Waals surface area contributed by atoms with E-state index in [-0.39, 0.29) is 18.5 Å². The fourth-order valence-electron chi connectivity index (χ4n) is 2.83. The first-order valence-corrected chi connectivity index (χ1v) is 6.94. The first-order chi connectivity index (χ1) is 9.49. The van der Waals surface area contributed by atoms with Gasteiger partial charge in [-0.15, -0.1) is 0 Å². The molecule has 2 amide bonds. The largest absolute Gasteiger partial charge is 0.399 e. The number of amides is 2. The molecule has 0 spiro atoms. The van der Waals surface area contributed by atoms with E-state index in [1.54, 1.807) is 23.1 Å². The van der Waals surface area contributed by atoms with Crippen molar-refractivity contribution in [1.29, 1.82) is 0 Å². The molecular weight excluding hydrogens is 254 g/mol. The molecule has 2 rings (SSSR count). The van der Waals surface area contributed by atoms with Gasteiger partial charge < -0.3 is 16.4 Å². The average Bonchev–Trinajstić information content (AvgIpc) is 2.88. The van der Waals surface area contributed by atoms with Gasteiger partial charge in [-0.3, -0.25) is 9.59 Å². The van der Waals surface area contributed by atoms with Crippen LogP contribution < -0.4 is 11.5 Å². The highest BCUT2D eigenvalue weighted by Crippen LogP contribution is 2.25. The zero-order chi connectivity index (χ0) is 14.7. The molecule has 0 atom stereocenters. The molecular formula is C15H21N3O2. The molecule has 0 saturated heterocycles. The summed E-state index contributed by atoms with van der Waals surface area (Å²) in [6.45, 7) is 1.83. The lowest BCUT2D eigenvalue weighted by molar-refractivity contribution is -0.119. The van der Waals surface area contributed by atoms with Gasteiger partial charge in [0, 0.05) is 17.3 Å². The van der Waals surface area contributed by atoms with E-state index in [1.807, 2.05) is 6.92 Å². The van der Waals surface area contributed by atoms with E-state index < -0.39 is 5.91 Å². The van der Waals surface area contributed by atoms with Crippen LogP contribution in [-0.4, -0.2) is 29.3 Å². The maximum Gasteiger partial charge on any atom is 0.254 e. The Kier molecular flexibility index (Phi) is 4.27. The molecule has 1 aromatic carbocycles. The number of carbonyl (C=O) groups is 2. The maximum atomic E-state index is 12.7. The minimum absolute atomic E-state index is 0.0205. The number of rotatable bonds is 4. The summed E-state index contributed by atoms with van der Waals surface area (Å²) in [6.07, 6.45) is 4.06. The van der Waals surface area contributed by atoms with Crippen LogP contribution in [0.25, 0.3) is 0 Å². The molecule has 1 aromatic rings. The zero-order valence-electron chi connectivity index (χ0n) is 11.8. The van der Waals surface area contributed by atoms with Crippen LogP contribution in [0.2, 0.25) is 0 Å². The molecule has 1 aliphatic rings. The summed E-state index contributed by atoms with van der Waals surface area (Å²) in [5.74, 6) is -0.605. The van der Waals surface area contributed by atoms with Crippen molar-refractivity contribution in [3.63, 3.8) is 0 Å². The summed E-state index contributed by atoms with van der Waals surface area (Å²) in [4.78, 5) is 25.5. The Bertz CT molecular complexity index is 522. The second kappa shape index (κ2) is 5.94. The van der Waals surface area contributed by atoms with Crippen LogP contribution in [0, 0.1) is 6.92 Å². The van der Waals surface area contributed by atoms with Crippen molar-refractivity contribution in [2.45, 2.75) is 38.6 Å². The molecule has 5 heteroatoms. The van der Waals surface area contributed by atoms with Crippen molar-refractivity contribution < 1.29 is 9.59 Å². The molecule has 0 unspecified atom stereocenters. The molecule has 0 radical (unpaired) electrons. The third-order valence-corrected chi connectivity index (χ3v) is 3.83. The summed E-state index contributed by atoms with van der Waals surface area (Å²) in [5.41, 5.74) is 13.0. The van der Waals surface area contributed by atoms with Gasteiger partial charge in [-0.25, -0.2) is 0 Å². The van der Waals surface area contributed by atoms with Crippen molar-refractivity contribution in [3.05, 3.63) is 29.3 Å². The Balaban J connectivity index is 2.27. The number of benzene rings is 1. The van der Waals surface area contributed by atoms with E-state index in [0.717, 1.165) is 31.2 Å². The summed E-state index contributed by atoms with van der Waals surface area (Å²) in [5, 5.41) is 0. The Morgan fingerprint density at radius 3 is 2.50 bits per heavy atom. The lowest BCUT2D eigenvalue weighted by Gasteiger charge is -2.28. The van der Waals surface area contributed by atoms with Gasteiger partial charge >= 0.3 is 0 Å². The van der Waals surface area contributed by atoms with Crippen LogP contribution in [0.5, 0.6) is 0 Å². The second-order valence-corrected chi connectivity index (χ2v) is 5.41. The minimum Gasteiger partial charge on any atom is -0.399 e. The molecule has 108 valence electrons. The number of aryl methyl sites for hydroxylation is 1. The Labute approximate surface area is 118 Å². The predicted molar refractivity (Wildman–Crippen MR) is 78.1 cm³/mol. The average molecular weight is 275 g/mol. The number of carbonyl (C=O) groups excluding carboxylic acids is 2. The van der Waals surface area contributed by atoms with E-state index >= 15 is 0 Å². The summed E-state index contributed by atoms with van der Waals surface area (Å²) < 4.78 is 0. The lowest BCUT2D eigenvalue weighted by atomic mass is 10.0. The number of nitrogen functional groups attached to an aromatic ring is 1. The van der Waals surface area contributed by atoms with Gasteiger partial charge in [-0.2, -0.15) is 0 Å². The molecule has 0 heterocycles. The molecule has 0 aliphatic heterocycles. The van der Waals surface area contributed by atoms with Crippen LogP contribution in [0.15, 0.2) is 18.2 Å². The van der Waals surface area contributed by atoms with Crippen LogP contribution in [0.3, 0.4) is 0 Å². The summed E-state index contributed by atoms with van der Waals surface area (Å²) >= 11 is 0. The third kappa shape index (κ3) is 3.10. The van der Waals surface area contributed by atoms with E-state index in [2.05, 4.69) is 0 Å². The molecule has 1 aliphatic carbocycles. The fourth-order valence-corrected chi connectivity index (χ4v) is 2.83. The number of anilines is 1. The van der Waals surface area contributed by atoms with Crippen molar-refractivity contribution in [2.24, 2.45) is 5.73 Å². The molecule has 1 saturated carbocycles. The SMILES string of the molecule is Cc1cc(N)ccc1C(=O)N(CC(N)=O)C1CCCC1. The molecule has 1 fully saturated rings. The fraction of sp³-hybridized carbons (Fsp3) is 0.467. The normalized spacial score (nSPS) is 15.2. The van der Waals surface area contributed by atoms with E-state index in [0.29, 0.717) is 11.3 Å². The standard InChI is InChI=1S/C15H21N3O2/c1-10-8-11(16)6-7-13(10)15(20)18(9-14(17)19)12-4-2-3-5-12/h6-8,12H,2-5,9,16H2,1H3,(H2,17,19). The van der Waals surface area contributed by atoms with Crippen molar-refractivity contribution in [3.8, 4) is 0 Å². The van der Waals surface area contributed by atoms with Gasteiger partial charge in [-0.05, 0) is 43.5 Å². The first-order valence-electron chi connectivity index (χ1n) is 6.94. The first kappa shape index (κ1) is 14.4. The van der Waals surface area contributed by atoms with E-state index in [1.165, 1.54) is 0 Å².